The third kappa shape index (κ3) is 1.76. The predicted octanol–water partition coefficient (Wildman–Crippen LogP) is 0.239. The monoisotopic (exact) mass is 169 g/mol. The highest BCUT2D eigenvalue weighted by Crippen LogP contribution is 2.07. The molecule has 0 amide bonds. The average molecular weight is 169 g/mol. The molecule has 1 N–H and O–H groups in total. The van der Waals surface area contributed by atoms with E-state index in [9.17, 15) is 0 Å². The summed E-state index contributed by atoms with van der Waals surface area (Å²) < 4.78 is 1.94. The first kappa shape index (κ1) is 9.06. The third-order valence-corrected chi connectivity index (χ3v) is 1.83. The molecule has 0 aliphatic rings. The van der Waals surface area contributed by atoms with Gasteiger partial charge in [-0.05, 0) is 6.92 Å². The standard InChI is InChI=1S/C8H15N3O/c1-3-11(6-7-12)8-9-4-5-10(8)2/h4-5,12H,3,6-7H2,1-2H3. The number of likely N-dealkylation sites (N-methyl/N-ethyl adjacent to an activating group) is 1. The number of nitrogens with zero attached hydrogens (tertiary/aromatic N) is 3. The van der Waals surface area contributed by atoms with E-state index in [0.717, 1.165) is 12.5 Å². The summed E-state index contributed by atoms with van der Waals surface area (Å²) in [5.41, 5.74) is 0. The van der Waals surface area contributed by atoms with Gasteiger partial charge in [-0.2, -0.15) is 0 Å². The van der Waals surface area contributed by atoms with Crippen LogP contribution in [0.4, 0.5) is 5.95 Å². The van der Waals surface area contributed by atoms with E-state index in [1.807, 2.05) is 29.6 Å². The molecule has 0 spiro atoms. The lowest BCUT2D eigenvalue weighted by molar-refractivity contribution is 0.301. The molecular weight excluding hydrogens is 154 g/mol. The van der Waals surface area contributed by atoms with E-state index >= 15 is 0 Å². The predicted molar refractivity (Wildman–Crippen MR) is 48.2 cm³/mol. The molecule has 4 heteroatoms. The summed E-state index contributed by atoms with van der Waals surface area (Å²) in [6, 6.07) is 0. The van der Waals surface area contributed by atoms with E-state index in [1.165, 1.54) is 0 Å². The third-order valence-electron chi connectivity index (χ3n) is 1.83. The number of aromatic nitrogens is 2. The summed E-state index contributed by atoms with van der Waals surface area (Å²) in [5, 5.41) is 8.78. The molecule has 1 aromatic rings. The van der Waals surface area contributed by atoms with Crippen molar-refractivity contribution in [2.45, 2.75) is 6.92 Å². The molecule has 0 aliphatic heterocycles. The zero-order valence-corrected chi connectivity index (χ0v) is 7.56. The van der Waals surface area contributed by atoms with E-state index in [2.05, 4.69) is 4.98 Å². The number of anilines is 1. The van der Waals surface area contributed by atoms with Crippen molar-refractivity contribution in [1.29, 1.82) is 0 Å². The lowest BCUT2D eigenvalue weighted by atomic mass is 10.5. The second kappa shape index (κ2) is 4.11. The lowest BCUT2D eigenvalue weighted by Gasteiger charge is -2.20. The first-order chi connectivity index (χ1) is 5.79. The number of rotatable bonds is 4. The quantitative estimate of drug-likeness (QED) is 0.702. The topological polar surface area (TPSA) is 41.3 Å². The smallest absolute Gasteiger partial charge is 0.205 e. The molecule has 0 aromatic carbocycles. The highest BCUT2D eigenvalue weighted by Gasteiger charge is 2.06. The van der Waals surface area contributed by atoms with E-state index in [1.54, 1.807) is 6.20 Å². The van der Waals surface area contributed by atoms with Crippen LogP contribution >= 0.6 is 0 Å². The van der Waals surface area contributed by atoms with Gasteiger partial charge in [-0.25, -0.2) is 4.98 Å². The van der Waals surface area contributed by atoms with Gasteiger partial charge in [0.25, 0.3) is 0 Å². The molecular formula is C8H15N3O. The number of hydrogen-bond acceptors (Lipinski definition) is 3. The number of imidazole rings is 1. The SMILES string of the molecule is CCN(CCO)c1nccn1C. The van der Waals surface area contributed by atoms with Gasteiger partial charge in [0.15, 0.2) is 0 Å². The minimum atomic E-state index is 0.167. The van der Waals surface area contributed by atoms with Crippen LogP contribution in [0, 0.1) is 0 Å². The molecule has 1 rings (SSSR count). The van der Waals surface area contributed by atoms with Crippen LogP contribution in [0.15, 0.2) is 12.4 Å². The van der Waals surface area contributed by atoms with Crippen molar-refractivity contribution in [1.82, 2.24) is 9.55 Å². The van der Waals surface area contributed by atoms with E-state index in [0.29, 0.717) is 6.54 Å². The first-order valence-electron chi connectivity index (χ1n) is 4.12. The van der Waals surface area contributed by atoms with Crippen LogP contribution in [0.5, 0.6) is 0 Å². The molecule has 0 radical (unpaired) electrons. The van der Waals surface area contributed by atoms with Crippen LogP contribution in [0.1, 0.15) is 6.92 Å². The number of aryl methyl sites for hydroxylation is 1. The van der Waals surface area contributed by atoms with Gasteiger partial charge in [-0.1, -0.05) is 0 Å². The summed E-state index contributed by atoms with van der Waals surface area (Å²) in [6.07, 6.45) is 3.66. The highest BCUT2D eigenvalue weighted by atomic mass is 16.3. The van der Waals surface area contributed by atoms with Crippen LogP contribution in [-0.4, -0.2) is 34.4 Å². The molecule has 0 saturated carbocycles. The van der Waals surface area contributed by atoms with Crippen LogP contribution in [0.3, 0.4) is 0 Å². The zero-order chi connectivity index (χ0) is 8.97. The molecule has 0 fully saturated rings. The van der Waals surface area contributed by atoms with Crippen molar-refractivity contribution in [2.24, 2.45) is 7.05 Å². The fourth-order valence-corrected chi connectivity index (χ4v) is 1.18. The average Bonchev–Trinajstić information content (AvgIpc) is 2.47. The van der Waals surface area contributed by atoms with Gasteiger partial charge in [0.05, 0.1) is 6.61 Å². The largest absolute Gasteiger partial charge is 0.395 e. The summed E-state index contributed by atoms with van der Waals surface area (Å²) in [5.74, 6) is 0.909. The molecule has 0 aliphatic carbocycles. The summed E-state index contributed by atoms with van der Waals surface area (Å²) in [6.45, 7) is 3.72. The molecule has 12 heavy (non-hydrogen) atoms. The Morgan fingerprint density at radius 1 is 1.67 bits per heavy atom. The fraction of sp³-hybridized carbons (Fsp3) is 0.625. The van der Waals surface area contributed by atoms with Crippen molar-refractivity contribution >= 4 is 5.95 Å². The number of aliphatic hydroxyl groups is 1. The summed E-state index contributed by atoms with van der Waals surface area (Å²) in [7, 11) is 1.95. The van der Waals surface area contributed by atoms with Gasteiger partial charge in [-0.3, -0.25) is 0 Å². The lowest BCUT2D eigenvalue weighted by Crippen LogP contribution is -2.28. The van der Waals surface area contributed by atoms with Crippen molar-refractivity contribution < 1.29 is 5.11 Å². The first-order valence-corrected chi connectivity index (χ1v) is 4.12. The zero-order valence-electron chi connectivity index (χ0n) is 7.56. The summed E-state index contributed by atoms with van der Waals surface area (Å²) >= 11 is 0. The van der Waals surface area contributed by atoms with Gasteiger partial charge in [-0.15, -0.1) is 0 Å². The summed E-state index contributed by atoms with van der Waals surface area (Å²) in [4.78, 5) is 6.21. The van der Waals surface area contributed by atoms with Gasteiger partial charge in [0.2, 0.25) is 5.95 Å². The van der Waals surface area contributed by atoms with E-state index in [4.69, 9.17) is 5.11 Å². The minimum absolute atomic E-state index is 0.167. The molecule has 1 aromatic heterocycles. The van der Waals surface area contributed by atoms with Crippen molar-refractivity contribution in [3.05, 3.63) is 12.4 Å². The van der Waals surface area contributed by atoms with Crippen molar-refractivity contribution in [3.8, 4) is 0 Å². The van der Waals surface area contributed by atoms with Crippen LogP contribution in [0.2, 0.25) is 0 Å². The van der Waals surface area contributed by atoms with Crippen LogP contribution in [-0.2, 0) is 7.05 Å². The maximum Gasteiger partial charge on any atom is 0.205 e. The molecule has 4 nitrogen and oxygen atoms in total. The van der Waals surface area contributed by atoms with Gasteiger partial charge >= 0.3 is 0 Å². The molecule has 0 atom stereocenters. The fourth-order valence-electron chi connectivity index (χ4n) is 1.18. The van der Waals surface area contributed by atoms with Gasteiger partial charge in [0, 0.05) is 32.5 Å². The molecule has 1 heterocycles. The van der Waals surface area contributed by atoms with Crippen LogP contribution < -0.4 is 4.90 Å². The maximum atomic E-state index is 8.78. The van der Waals surface area contributed by atoms with Gasteiger partial charge < -0.3 is 14.6 Å². The number of hydrogen-bond donors (Lipinski definition) is 1. The Kier molecular flexibility index (Phi) is 3.10. The highest BCUT2D eigenvalue weighted by molar-refractivity contribution is 5.30. The van der Waals surface area contributed by atoms with E-state index < -0.39 is 0 Å². The molecule has 0 unspecified atom stereocenters. The minimum Gasteiger partial charge on any atom is -0.395 e. The Balaban J connectivity index is 2.72. The Bertz CT molecular complexity index is 234. The second-order valence-corrected chi connectivity index (χ2v) is 2.64. The van der Waals surface area contributed by atoms with Gasteiger partial charge in [0.1, 0.15) is 0 Å². The van der Waals surface area contributed by atoms with Crippen LogP contribution in [0.25, 0.3) is 0 Å². The van der Waals surface area contributed by atoms with Crippen molar-refractivity contribution in [2.75, 3.05) is 24.6 Å². The molecule has 0 bridgehead atoms. The maximum absolute atomic E-state index is 8.78. The second-order valence-electron chi connectivity index (χ2n) is 2.64. The Morgan fingerprint density at radius 3 is 2.83 bits per heavy atom. The number of aliphatic hydroxyl groups excluding tert-OH is 1. The van der Waals surface area contributed by atoms with E-state index in [-0.39, 0.29) is 6.61 Å². The molecule has 68 valence electrons. The van der Waals surface area contributed by atoms with Crippen molar-refractivity contribution in [3.63, 3.8) is 0 Å². The normalized spacial score (nSPS) is 10.2. The Labute approximate surface area is 72.4 Å². The Morgan fingerprint density at radius 2 is 2.42 bits per heavy atom. The Hall–Kier alpha value is -1.03. The molecule has 0 saturated heterocycles.